The maximum absolute atomic E-state index is 11.3. The van der Waals surface area contributed by atoms with Crippen LogP contribution in [-0.2, 0) is 0 Å². The first-order valence-electron chi connectivity index (χ1n) is 5.75. The molecule has 16 heavy (non-hydrogen) atoms. The van der Waals surface area contributed by atoms with Gasteiger partial charge in [-0.3, -0.25) is 4.79 Å². The molecule has 2 N–H and O–H groups in total. The van der Waals surface area contributed by atoms with Crippen LogP contribution in [0.2, 0.25) is 0 Å². The summed E-state index contributed by atoms with van der Waals surface area (Å²) in [6, 6.07) is 7.69. The molecule has 0 aromatic heterocycles. The second kappa shape index (κ2) is 4.91. The number of hydrogen-bond acceptors (Lipinski definition) is 2. The predicted octanol–water partition coefficient (Wildman–Crippen LogP) is 2.74. The van der Waals surface area contributed by atoms with Crippen LogP contribution in [0.4, 0.5) is 0 Å². The Morgan fingerprint density at radius 1 is 1.31 bits per heavy atom. The van der Waals surface area contributed by atoms with E-state index in [1.54, 1.807) is 0 Å². The van der Waals surface area contributed by atoms with E-state index in [0.29, 0.717) is 16.7 Å². The van der Waals surface area contributed by atoms with E-state index in [9.17, 15) is 4.79 Å². The van der Waals surface area contributed by atoms with E-state index in [4.69, 9.17) is 5.73 Å². The molecule has 0 heterocycles. The van der Waals surface area contributed by atoms with Gasteiger partial charge >= 0.3 is 0 Å². The number of primary amides is 1. The summed E-state index contributed by atoms with van der Waals surface area (Å²) in [5, 5.41) is 0.458. The first-order chi connectivity index (χ1) is 7.68. The highest BCUT2D eigenvalue weighted by Gasteiger charge is 2.23. The third-order valence-electron chi connectivity index (χ3n) is 3.31. The van der Waals surface area contributed by atoms with Crippen molar-refractivity contribution in [1.82, 2.24) is 0 Å². The van der Waals surface area contributed by atoms with Gasteiger partial charge in [0.2, 0.25) is 5.91 Å². The SMILES string of the molecule is NC(=O)c1ccccc1C1CCCC(S)C1. The van der Waals surface area contributed by atoms with E-state index >= 15 is 0 Å². The summed E-state index contributed by atoms with van der Waals surface area (Å²) in [4.78, 5) is 11.3. The van der Waals surface area contributed by atoms with Gasteiger partial charge in [-0.15, -0.1) is 0 Å². The van der Waals surface area contributed by atoms with Crippen LogP contribution in [-0.4, -0.2) is 11.2 Å². The predicted molar refractivity (Wildman–Crippen MR) is 68.9 cm³/mol. The van der Waals surface area contributed by atoms with Crippen molar-refractivity contribution in [2.24, 2.45) is 5.73 Å². The number of nitrogens with two attached hydrogens (primary N) is 1. The number of amides is 1. The third kappa shape index (κ3) is 2.40. The van der Waals surface area contributed by atoms with Crippen molar-refractivity contribution < 1.29 is 4.79 Å². The first-order valence-corrected chi connectivity index (χ1v) is 6.27. The van der Waals surface area contributed by atoms with Crippen molar-refractivity contribution in [3.05, 3.63) is 35.4 Å². The van der Waals surface area contributed by atoms with Crippen molar-refractivity contribution in [3.63, 3.8) is 0 Å². The van der Waals surface area contributed by atoms with Crippen LogP contribution in [0.5, 0.6) is 0 Å². The summed E-state index contributed by atoms with van der Waals surface area (Å²) in [7, 11) is 0. The number of benzene rings is 1. The zero-order valence-corrected chi connectivity index (χ0v) is 10.1. The highest BCUT2D eigenvalue weighted by molar-refractivity contribution is 7.80. The molecule has 2 atom stereocenters. The van der Waals surface area contributed by atoms with Crippen LogP contribution in [0.1, 0.15) is 47.5 Å². The number of carbonyl (C=O) groups is 1. The molecule has 2 unspecified atom stereocenters. The van der Waals surface area contributed by atoms with Gasteiger partial charge in [-0.1, -0.05) is 24.6 Å². The number of rotatable bonds is 2. The molecule has 2 rings (SSSR count). The van der Waals surface area contributed by atoms with E-state index in [1.165, 1.54) is 12.8 Å². The lowest BCUT2D eigenvalue weighted by molar-refractivity contribution is 0.0998. The Bertz CT molecular complexity index is 391. The highest BCUT2D eigenvalue weighted by atomic mass is 32.1. The van der Waals surface area contributed by atoms with Crippen LogP contribution in [0.3, 0.4) is 0 Å². The molecule has 0 radical (unpaired) electrons. The van der Waals surface area contributed by atoms with Gasteiger partial charge in [0.1, 0.15) is 0 Å². The van der Waals surface area contributed by atoms with E-state index in [0.717, 1.165) is 18.4 Å². The minimum atomic E-state index is -0.322. The third-order valence-corrected chi connectivity index (χ3v) is 3.78. The second-order valence-corrected chi connectivity index (χ2v) is 5.20. The Hall–Kier alpha value is -0.960. The molecular weight excluding hydrogens is 218 g/mol. The number of thiol groups is 1. The average Bonchev–Trinajstić information content (AvgIpc) is 2.29. The first kappa shape index (κ1) is 11.5. The molecule has 0 spiro atoms. The minimum Gasteiger partial charge on any atom is -0.366 e. The van der Waals surface area contributed by atoms with Gasteiger partial charge in [-0.25, -0.2) is 0 Å². The standard InChI is InChI=1S/C13H17NOS/c14-13(15)12-7-2-1-6-11(12)9-4-3-5-10(16)8-9/h1-2,6-7,9-10,16H,3-5,8H2,(H2,14,15). The van der Waals surface area contributed by atoms with Crippen molar-refractivity contribution in [2.75, 3.05) is 0 Å². The lowest BCUT2D eigenvalue weighted by Crippen LogP contribution is -2.19. The fourth-order valence-electron chi connectivity index (χ4n) is 2.52. The molecule has 3 heteroatoms. The summed E-state index contributed by atoms with van der Waals surface area (Å²) >= 11 is 4.54. The molecule has 0 saturated heterocycles. The van der Waals surface area contributed by atoms with Crippen LogP contribution in [0.15, 0.2) is 24.3 Å². The maximum Gasteiger partial charge on any atom is 0.248 e. The molecule has 1 aromatic rings. The zero-order chi connectivity index (χ0) is 11.5. The Morgan fingerprint density at radius 2 is 2.06 bits per heavy atom. The smallest absolute Gasteiger partial charge is 0.248 e. The fraction of sp³-hybridized carbons (Fsp3) is 0.462. The van der Waals surface area contributed by atoms with E-state index < -0.39 is 0 Å². The van der Waals surface area contributed by atoms with Crippen LogP contribution in [0.25, 0.3) is 0 Å². The van der Waals surface area contributed by atoms with Crippen molar-refractivity contribution in [3.8, 4) is 0 Å². The molecular formula is C13H17NOS. The van der Waals surface area contributed by atoms with E-state index in [-0.39, 0.29) is 5.91 Å². The van der Waals surface area contributed by atoms with Crippen molar-refractivity contribution in [2.45, 2.75) is 36.9 Å². The molecule has 1 aliphatic carbocycles. The molecule has 86 valence electrons. The number of carbonyl (C=O) groups excluding carboxylic acids is 1. The summed E-state index contributed by atoms with van der Waals surface area (Å²) in [5.74, 6) is 0.122. The quantitative estimate of drug-likeness (QED) is 0.760. The molecule has 1 aromatic carbocycles. The largest absolute Gasteiger partial charge is 0.366 e. The average molecular weight is 235 g/mol. The van der Waals surface area contributed by atoms with Crippen molar-refractivity contribution >= 4 is 18.5 Å². The monoisotopic (exact) mass is 235 g/mol. The molecule has 1 amide bonds. The Morgan fingerprint density at radius 3 is 2.75 bits per heavy atom. The van der Waals surface area contributed by atoms with Crippen LogP contribution in [0, 0.1) is 0 Å². The summed E-state index contributed by atoms with van der Waals surface area (Å²) in [6.07, 6.45) is 4.55. The fourth-order valence-corrected chi connectivity index (χ4v) is 2.96. The summed E-state index contributed by atoms with van der Waals surface area (Å²) in [5.41, 5.74) is 7.18. The molecule has 1 fully saturated rings. The zero-order valence-electron chi connectivity index (χ0n) is 9.23. The summed E-state index contributed by atoms with van der Waals surface area (Å²) < 4.78 is 0. The maximum atomic E-state index is 11.3. The van der Waals surface area contributed by atoms with Gasteiger partial charge < -0.3 is 5.73 Å². The Labute approximate surface area is 102 Å². The van der Waals surface area contributed by atoms with Crippen LogP contribution >= 0.6 is 12.6 Å². The molecule has 1 aliphatic rings. The van der Waals surface area contributed by atoms with Gasteiger partial charge in [0.05, 0.1) is 0 Å². The lowest BCUT2D eigenvalue weighted by Gasteiger charge is -2.27. The molecule has 0 aliphatic heterocycles. The molecule has 0 bridgehead atoms. The van der Waals surface area contributed by atoms with Crippen LogP contribution < -0.4 is 5.73 Å². The van der Waals surface area contributed by atoms with Gasteiger partial charge in [-0.2, -0.15) is 12.6 Å². The molecule has 1 saturated carbocycles. The number of hydrogen-bond donors (Lipinski definition) is 2. The summed E-state index contributed by atoms with van der Waals surface area (Å²) in [6.45, 7) is 0. The Balaban J connectivity index is 2.28. The van der Waals surface area contributed by atoms with E-state index in [1.807, 2.05) is 24.3 Å². The van der Waals surface area contributed by atoms with Gasteiger partial charge in [0.25, 0.3) is 0 Å². The minimum absolute atomic E-state index is 0.322. The molecule has 2 nitrogen and oxygen atoms in total. The normalized spacial score (nSPS) is 25.3. The second-order valence-electron chi connectivity index (χ2n) is 4.47. The topological polar surface area (TPSA) is 43.1 Å². The van der Waals surface area contributed by atoms with E-state index in [2.05, 4.69) is 12.6 Å². The van der Waals surface area contributed by atoms with Gasteiger partial charge in [0, 0.05) is 10.8 Å². The van der Waals surface area contributed by atoms with Crippen molar-refractivity contribution in [1.29, 1.82) is 0 Å². The lowest BCUT2D eigenvalue weighted by atomic mass is 9.81. The highest BCUT2D eigenvalue weighted by Crippen LogP contribution is 2.36. The van der Waals surface area contributed by atoms with Gasteiger partial charge in [-0.05, 0) is 36.8 Å². The van der Waals surface area contributed by atoms with Gasteiger partial charge in [0.15, 0.2) is 0 Å². The Kier molecular flexibility index (Phi) is 3.54.